The van der Waals surface area contributed by atoms with Crippen LogP contribution < -0.4 is 5.73 Å². The first kappa shape index (κ1) is 11.2. The van der Waals surface area contributed by atoms with Gasteiger partial charge >= 0.3 is 0 Å². The summed E-state index contributed by atoms with van der Waals surface area (Å²) in [6.45, 7) is 0. The summed E-state index contributed by atoms with van der Waals surface area (Å²) in [4.78, 5) is 4.07. The number of aryl methyl sites for hydroxylation is 1. The average molecular weight is 240 g/mol. The second kappa shape index (κ2) is 4.10. The lowest BCUT2D eigenvalue weighted by Gasteiger charge is -2.24. The number of nitrogens with two attached hydrogens (primary N) is 1. The van der Waals surface area contributed by atoms with Crippen molar-refractivity contribution in [1.82, 2.24) is 4.98 Å². The molecule has 0 saturated carbocycles. The van der Waals surface area contributed by atoms with Crippen LogP contribution in [-0.2, 0) is 18.4 Å². The van der Waals surface area contributed by atoms with Gasteiger partial charge in [0, 0.05) is 12.6 Å². The third kappa shape index (κ3) is 1.77. The van der Waals surface area contributed by atoms with Crippen molar-refractivity contribution in [2.45, 2.75) is 24.9 Å². The molecule has 0 bridgehead atoms. The quantitative estimate of drug-likeness (QED) is 0.844. The highest BCUT2D eigenvalue weighted by Gasteiger charge is 2.36. The maximum absolute atomic E-state index is 10.8. The monoisotopic (exact) mass is 240 g/mol. The summed E-state index contributed by atoms with van der Waals surface area (Å²) < 4.78 is 0. The lowest BCUT2D eigenvalue weighted by atomic mass is 9.89. The minimum Gasteiger partial charge on any atom is -0.385 e. The molecule has 1 atom stereocenters. The van der Waals surface area contributed by atoms with Crippen molar-refractivity contribution >= 4 is 5.82 Å². The summed E-state index contributed by atoms with van der Waals surface area (Å²) in [5.41, 5.74) is 8.24. The smallest absolute Gasteiger partial charge is 0.126 e. The van der Waals surface area contributed by atoms with Crippen molar-refractivity contribution in [3.05, 3.63) is 59.3 Å². The Hall–Kier alpha value is -1.87. The first-order chi connectivity index (χ1) is 8.69. The van der Waals surface area contributed by atoms with Crippen LogP contribution in [0, 0.1) is 0 Å². The number of nitrogen functional groups attached to an aromatic ring is 1. The summed E-state index contributed by atoms with van der Waals surface area (Å²) in [5.74, 6) is 0.510. The number of anilines is 1. The van der Waals surface area contributed by atoms with Crippen molar-refractivity contribution in [3.63, 3.8) is 0 Å². The van der Waals surface area contributed by atoms with Crippen LogP contribution >= 0.6 is 0 Å². The van der Waals surface area contributed by atoms with Gasteiger partial charge in [0.2, 0.25) is 0 Å². The summed E-state index contributed by atoms with van der Waals surface area (Å²) >= 11 is 0. The minimum atomic E-state index is -0.798. The second-order valence-electron chi connectivity index (χ2n) is 4.91. The third-order valence-electron chi connectivity index (χ3n) is 3.74. The highest BCUT2D eigenvalue weighted by molar-refractivity contribution is 5.43. The SMILES string of the molecule is Nc1ncccc1CC1(O)CCc2ccccc21. The first-order valence-corrected chi connectivity index (χ1v) is 6.19. The van der Waals surface area contributed by atoms with Crippen LogP contribution in [0.3, 0.4) is 0 Å². The van der Waals surface area contributed by atoms with Crippen LogP contribution in [0.2, 0.25) is 0 Å². The van der Waals surface area contributed by atoms with Crippen molar-refractivity contribution in [2.75, 3.05) is 5.73 Å². The van der Waals surface area contributed by atoms with Crippen LogP contribution in [0.25, 0.3) is 0 Å². The Morgan fingerprint density at radius 1 is 1.22 bits per heavy atom. The lowest BCUT2D eigenvalue weighted by molar-refractivity contribution is 0.0390. The van der Waals surface area contributed by atoms with Crippen molar-refractivity contribution in [3.8, 4) is 0 Å². The number of hydrogen-bond donors (Lipinski definition) is 2. The van der Waals surface area contributed by atoms with E-state index in [1.165, 1.54) is 5.56 Å². The Bertz CT molecular complexity index is 582. The predicted molar refractivity (Wildman–Crippen MR) is 71.0 cm³/mol. The van der Waals surface area contributed by atoms with Gasteiger partial charge in [-0.25, -0.2) is 4.98 Å². The zero-order chi connectivity index (χ0) is 12.6. The Morgan fingerprint density at radius 3 is 2.89 bits per heavy atom. The van der Waals surface area contributed by atoms with Gasteiger partial charge in [-0.3, -0.25) is 0 Å². The van der Waals surface area contributed by atoms with Crippen molar-refractivity contribution in [2.24, 2.45) is 0 Å². The fourth-order valence-corrected chi connectivity index (χ4v) is 2.77. The van der Waals surface area contributed by atoms with E-state index in [9.17, 15) is 5.11 Å². The van der Waals surface area contributed by atoms with Gasteiger partial charge in [-0.2, -0.15) is 0 Å². The number of fused-ring (bicyclic) bond motifs is 1. The molecular formula is C15H16N2O. The molecule has 0 spiro atoms. The van der Waals surface area contributed by atoms with Crippen LogP contribution in [-0.4, -0.2) is 10.1 Å². The van der Waals surface area contributed by atoms with Gasteiger partial charge in [0.05, 0.1) is 5.60 Å². The molecule has 0 fully saturated rings. The molecule has 92 valence electrons. The number of hydrogen-bond acceptors (Lipinski definition) is 3. The molecule has 3 nitrogen and oxygen atoms in total. The maximum Gasteiger partial charge on any atom is 0.126 e. The van der Waals surface area contributed by atoms with E-state index in [4.69, 9.17) is 5.73 Å². The molecule has 1 aromatic heterocycles. The highest BCUT2D eigenvalue weighted by Crippen LogP contribution is 2.39. The maximum atomic E-state index is 10.8. The molecule has 0 saturated heterocycles. The average Bonchev–Trinajstić information content (AvgIpc) is 2.71. The number of benzene rings is 1. The van der Waals surface area contributed by atoms with Crippen molar-refractivity contribution in [1.29, 1.82) is 0 Å². The molecule has 1 aliphatic rings. The molecule has 3 rings (SSSR count). The van der Waals surface area contributed by atoms with E-state index >= 15 is 0 Å². The lowest BCUT2D eigenvalue weighted by Crippen LogP contribution is -2.26. The molecule has 18 heavy (non-hydrogen) atoms. The van der Waals surface area contributed by atoms with Gasteiger partial charge in [-0.15, -0.1) is 0 Å². The van der Waals surface area contributed by atoms with E-state index in [-0.39, 0.29) is 0 Å². The van der Waals surface area contributed by atoms with Crippen molar-refractivity contribution < 1.29 is 5.11 Å². The Labute approximate surface area is 106 Å². The number of aliphatic hydroxyl groups is 1. The molecule has 0 aliphatic heterocycles. The summed E-state index contributed by atoms with van der Waals surface area (Å²) in [6.07, 6.45) is 3.88. The third-order valence-corrected chi connectivity index (χ3v) is 3.74. The number of rotatable bonds is 2. The van der Waals surface area contributed by atoms with E-state index in [1.54, 1.807) is 6.20 Å². The van der Waals surface area contributed by atoms with Gasteiger partial charge in [-0.05, 0) is 35.6 Å². The molecular weight excluding hydrogens is 224 g/mol. The highest BCUT2D eigenvalue weighted by atomic mass is 16.3. The normalized spacial score (nSPS) is 21.8. The molecule has 1 unspecified atom stereocenters. The van der Waals surface area contributed by atoms with E-state index in [1.807, 2.05) is 30.3 Å². The van der Waals surface area contributed by atoms with Gasteiger partial charge < -0.3 is 10.8 Å². The molecule has 1 heterocycles. The van der Waals surface area contributed by atoms with Crippen LogP contribution in [0.15, 0.2) is 42.6 Å². The Morgan fingerprint density at radius 2 is 2.06 bits per heavy atom. The zero-order valence-electron chi connectivity index (χ0n) is 10.1. The molecule has 0 amide bonds. The Balaban J connectivity index is 1.96. The van der Waals surface area contributed by atoms with Gasteiger partial charge in [0.15, 0.2) is 0 Å². The topological polar surface area (TPSA) is 59.1 Å². The van der Waals surface area contributed by atoms with E-state index in [2.05, 4.69) is 11.1 Å². The fourth-order valence-electron chi connectivity index (χ4n) is 2.77. The summed E-state index contributed by atoms with van der Waals surface area (Å²) in [6, 6.07) is 11.9. The largest absolute Gasteiger partial charge is 0.385 e. The number of nitrogens with zero attached hydrogens (tertiary/aromatic N) is 1. The minimum absolute atomic E-state index is 0.510. The molecule has 3 heteroatoms. The standard InChI is InChI=1S/C15H16N2O/c16-14-12(5-3-9-17-14)10-15(18)8-7-11-4-1-2-6-13(11)15/h1-6,9,18H,7-8,10H2,(H2,16,17). The van der Waals surface area contributed by atoms with E-state index < -0.39 is 5.60 Å². The number of aromatic nitrogens is 1. The zero-order valence-corrected chi connectivity index (χ0v) is 10.1. The molecule has 3 N–H and O–H groups in total. The second-order valence-corrected chi connectivity index (χ2v) is 4.91. The first-order valence-electron chi connectivity index (χ1n) is 6.19. The van der Waals surface area contributed by atoms with E-state index in [0.29, 0.717) is 12.2 Å². The Kier molecular flexibility index (Phi) is 2.56. The van der Waals surface area contributed by atoms with Crippen LogP contribution in [0.1, 0.15) is 23.1 Å². The van der Waals surface area contributed by atoms with Crippen LogP contribution in [0.5, 0.6) is 0 Å². The predicted octanol–water partition coefficient (Wildman–Crippen LogP) is 2.04. The fraction of sp³-hybridized carbons (Fsp3) is 0.267. The molecule has 1 aromatic carbocycles. The van der Waals surface area contributed by atoms with Gasteiger partial charge in [0.25, 0.3) is 0 Å². The van der Waals surface area contributed by atoms with Crippen LogP contribution in [0.4, 0.5) is 5.82 Å². The van der Waals surface area contributed by atoms with Gasteiger partial charge in [-0.1, -0.05) is 30.3 Å². The summed E-state index contributed by atoms with van der Waals surface area (Å²) in [7, 11) is 0. The van der Waals surface area contributed by atoms with Gasteiger partial charge in [0.1, 0.15) is 5.82 Å². The van der Waals surface area contributed by atoms with E-state index in [0.717, 1.165) is 24.0 Å². The molecule has 2 aromatic rings. The molecule has 0 radical (unpaired) electrons. The summed E-state index contributed by atoms with van der Waals surface area (Å²) in [5, 5.41) is 10.8. The number of pyridine rings is 1. The molecule has 1 aliphatic carbocycles.